The summed E-state index contributed by atoms with van der Waals surface area (Å²) in [7, 11) is 0. The van der Waals surface area contributed by atoms with Gasteiger partial charge in [-0.3, -0.25) is 9.69 Å². The van der Waals surface area contributed by atoms with Gasteiger partial charge >= 0.3 is 0 Å². The van der Waals surface area contributed by atoms with E-state index in [0.29, 0.717) is 6.42 Å². The number of piperazine rings is 1. The highest BCUT2D eigenvalue weighted by molar-refractivity contribution is 5.95. The van der Waals surface area contributed by atoms with Gasteiger partial charge in [-0.25, -0.2) is 0 Å². The monoisotopic (exact) mass is 391 g/mol. The molecule has 0 saturated carbocycles. The maximum absolute atomic E-state index is 12.7. The van der Waals surface area contributed by atoms with E-state index < -0.39 is 0 Å². The summed E-state index contributed by atoms with van der Waals surface area (Å²) in [5.41, 5.74) is 5.14. The second-order valence-corrected chi connectivity index (χ2v) is 8.33. The molecule has 152 valence electrons. The Labute approximate surface area is 172 Å². The fraction of sp³-hybridized carbons (Fsp3) is 0.458. The Kier molecular flexibility index (Phi) is 5.25. The summed E-state index contributed by atoms with van der Waals surface area (Å²) >= 11 is 0. The lowest BCUT2D eigenvalue weighted by Gasteiger charge is -2.35. The highest BCUT2D eigenvalue weighted by Gasteiger charge is 2.25. The molecule has 1 amide bonds. The zero-order chi connectivity index (χ0) is 19.6. The maximum atomic E-state index is 12.7. The predicted molar refractivity (Wildman–Crippen MR) is 114 cm³/mol. The average molecular weight is 392 g/mol. The summed E-state index contributed by atoms with van der Waals surface area (Å²) < 4.78 is 5.61. The van der Waals surface area contributed by atoms with Crippen molar-refractivity contribution in [1.82, 2.24) is 9.80 Å². The molecule has 0 N–H and O–H groups in total. The van der Waals surface area contributed by atoms with Gasteiger partial charge < -0.3 is 14.5 Å². The lowest BCUT2D eigenvalue weighted by molar-refractivity contribution is -0.118. The molecule has 2 aromatic carbocycles. The fourth-order valence-corrected chi connectivity index (χ4v) is 4.75. The number of nitrogens with zero attached hydrogens (tertiary/aromatic N) is 3. The Morgan fingerprint density at radius 2 is 1.72 bits per heavy atom. The zero-order valence-electron chi connectivity index (χ0n) is 17.0. The van der Waals surface area contributed by atoms with E-state index in [1.807, 2.05) is 11.0 Å². The Bertz CT molecular complexity index is 889. The van der Waals surface area contributed by atoms with Crippen LogP contribution in [0.4, 0.5) is 5.69 Å². The Morgan fingerprint density at radius 1 is 0.897 bits per heavy atom. The first-order valence-corrected chi connectivity index (χ1v) is 10.8. The fourth-order valence-electron chi connectivity index (χ4n) is 4.75. The Hall–Kier alpha value is -2.37. The van der Waals surface area contributed by atoms with Crippen molar-refractivity contribution in [3.63, 3.8) is 0 Å². The number of hydrogen-bond acceptors (Lipinski definition) is 4. The van der Waals surface area contributed by atoms with E-state index in [1.165, 1.54) is 16.7 Å². The number of para-hydroxylation sites is 1. The standard InChI is InChI=1S/C24H29N3O2/c28-24(27-11-7-20-3-1-2-4-22(20)27)8-10-25-12-14-26(15-13-25)18-19-5-6-23-21(17-19)9-16-29-23/h1-6,17H,7-16,18H2. The average Bonchev–Trinajstić information content (AvgIpc) is 3.39. The molecular formula is C24H29N3O2. The molecule has 0 bridgehead atoms. The highest BCUT2D eigenvalue weighted by atomic mass is 16.5. The van der Waals surface area contributed by atoms with Crippen molar-refractivity contribution in [2.75, 3.05) is 50.8 Å². The lowest BCUT2D eigenvalue weighted by Crippen LogP contribution is -2.46. The molecule has 29 heavy (non-hydrogen) atoms. The summed E-state index contributed by atoms with van der Waals surface area (Å²) in [4.78, 5) is 19.7. The number of fused-ring (bicyclic) bond motifs is 2. The van der Waals surface area contributed by atoms with Crippen LogP contribution in [0.1, 0.15) is 23.1 Å². The zero-order valence-corrected chi connectivity index (χ0v) is 17.0. The first-order chi connectivity index (χ1) is 14.3. The Morgan fingerprint density at radius 3 is 2.62 bits per heavy atom. The van der Waals surface area contributed by atoms with Crippen molar-refractivity contribution in [2.24, 2.45) is 0 Å². The normalized spacial score (nSPS) is 19.1. The number of hydrogen-bond donors (Lipinski definition) is 0. The molecule has 1 fully saturated rings. The van der Waals surface area contributed by atoms with Crippen molar-refractivity contribution >= 4 is 11.6 Å². The van der Waals surface area contributed by atoms with Gasteiger partial charge in [0.2, 0.25) is 5.91 Å². The number of carbonyl (C=O) groups excluding carboxylic acids is 1. The van der Waals surface area contributed by atoms with Crippen LogP contribution in [0, 0.1) is 0 Å². The van der Waals surface area contributed by atoms with Gasteiger partial charge in [0.1, 0.15) is 5.75 Å². The smallest absolute Gasteiger partial charge is 0.228 e. The number of carbonyl (C=O) groups is 1. The minimum Gasteiger partial charge on any atom is -0.493 e. The third-order valence-electron chi connectivity index (χ3n) is 6.46. The van der Waals surface area contributed by atoms with E-state index >= 15 is 0 Å². The molecule has 0 atom stereocenters. The third-order valence-corrected chi connectivity index (χ3v) is 6.46. The molecule has 2 aromatic rings. The second kappa shape index (κ2) is 8.17. The summed E-state index contributed by atoms with van der Waals surface area (Å²) in [5, 5.41) is 0. The van der Waals surface area contributed by atoms with Gasteiger partial charge in [-0.1, -0.05) is 30.3 Å². The molecule has 5 heteroatoms. The largest absolute Gasteiger partial charge is 0.493 e. The van der Waals surface area contributed by atoms with Crippen LogP contribution in [0.2, 0.25) is 0 Å². The van der Waals surface area contributed by atoms with Gasteiger partial charge in [0, 0.05) is 64.3 Å². The van der Waals surface area contributed by atoms with Gasteiger partial charge in [-0.15, -0.1) is 0 Å². The number of amides is 1. The first-order valence-electron chi connectivity index (χ1n) is 10.8. The van der Waals surface area contributed by atoms with Gasteiger partial charge in [-0.05, 0) is 35.2 Å². The van der Waals surface area contributed by atoms with Crippen molar-refractivity contribution < 1.29 is 9.53 Å². The quantitative estimate of drug-likeness (QED) is 0.785. The van der Waals surface area contributed by atoms with E-state index in [0.717, 1.165) is 76.7 Å². The molecular weight excluding hydrogens is 362 g/mol. The van der Waals surface area contributed by atoms with E-state index in [9.17, 15) is 4.79 Å². The minimum absolute atomic E-state index is 0.262. The molecule has 0 spiro atoms. The molecule has 5 rings (SSSR count). The van der Waals surface area contributed by atoms with Gasteiger partial charge in [0.05, 0.1) is 6.61 Å². The molecule has 0 radical (unpaired) electrons. The summed E-state index contributed by atoms with van der Waals surface area (Å²) in [6, 6.07) is 14.9. The van der Waals surface area contributed by atoms with Crippen LogP contribution in [0.3, 0.4) is 0 Å². The van der Waals surface area contributed by atoms with Crippen LogP contribution < -0.4 is 9.64 Å². The minimum atomic E-state index is 0.262. The molecule has 3 aliphatic heterocycles. The number of rotatable bonds is 5. The van der Waals surface area contributed by atoms with E-state index in [-0.39, 0.29) is 5.91 Å². The molecule has 0 unspecified atom stereocenters. The van der Waals surface area contributed by atoms with Crippen molar-refractivity contribution in [3.05, 3.63) is 59.2 Å². The summed E-state index contributed by atoms with van der Waals surface area (Å²) in [6.45, 7) is 7.72. The van der Waals surface area contributed by atoms with E-state index in [4.69, 9.17) is 4.74 Å². The molecule has 3 heterocycles. The summed E-state index contributed by atoms with van der Waals surface area (Å²) in [5.74, 6) is 1.32. The van der Waals surface area contributed by atoms with Crippen LogP contribution >= 0.6 is 0 Å². The van der Waals surface area contributed by atoms with Crippen LogP contribution in [0.25, 0.3) is 0 Å². The van der Waals surface area contributed by atoms with Crippen molar-refractivity contribution in [1.29, 1.82) is 0 Å². The van der Waals surface area contributed by atoms with Crippen LogP contribution in [0.5, 0.6) is 5.75 Å². The highest BCUT2D eigenvalue weighted by Crippen LogP contribution is 2.28. The molecule has 0 aliphatic carbocycles. The van der Waals surface area contributed by atoms with Crippen molar-refractivity contribution in [3.8, 4) is 5.75 Å². The third kappa shape index (κ3) is 4.02. The molecule has 5 nitrogen and oxygen atoms in total. The van der Waals surface area contributed by atoms with Gasteiger partial charge in [0.25, 0.3) is 0 Å². The Balaban J connectivity index is 1.08. The molecule has 3 aliphatic rings. The van der Waals surface area contributed by atoms with Crippen LogP contribution in [0.15, 0.2) is 42.5 Å². The second-order valence-electron chi connectivity index (χ2n) is 8.33. The lowest BCUT2D eigenvalue weighted by atomic mass is 10.1. The van der Waals surface area contributed by atoms with Crippen molar-refractivity contribution in [2.45, 2.75) is 25.8 Å². The van der Waals surface area contributed by atoms with Gasteiger partial charge in [0.15, 0.2) is 0 Å². The number of ether oxygens (including phenoxy) is 1. The van der Waals surface area contributed by atoms with E-state index in [1.54, 1.807) is 0 Å². The number of anilines is 1. The van der Waals surface area contributed by atoms with Crippen LogP contribution in [-0.2, 0) is 24.2 Å². The number of benzene rings is 2. The SMILES string of the molecule is O=C(CCN1CCN(Cc2ccc3c(c2)CCO3)CC1)N1CCc2ccccc21. The van der Waals surface area contributed by atoms with Gasteiger partial charge in [-0.2, -0.15) is 0 Å². The molecule has 1 saturated heterocycles. The maximum Gasteiger partial charge on any atom is 0.228 e. The molecule has 0 aromatic heterocycles. The van der Waals surface area contributed by atoms with Crippen LogP contribution in [-0.4, -0.2) is 61.6 Å². The topological polar surface area (TPSA) is 36.0 Å². The summed E-state index contributed by atoms with van der Waals surface area (Å²) in [6.07, 6.45) is 2.63. The van der Waals surface area contributed by atoms with E-state index in [2.05, 4.69) is 46.2 Å². The first kappa shape index (κ1) is 18.6. The predicted octanol–water partition coefficient (Wildman–Crippen LogP) is 2.72.